The predicted octanol–water partition coefficient (Wildman–Crippen LogP) is 9.42. The van der Waals surface area contributed by atoms with E-state index >= 15 is 0 Å². The molecule has 6 aromatic carbocycles. The van der Waals surface area contributed by atoms with Crippen LogP contribution in [0, 0.1) is 0 Å². The van der Waals surface area contributed by atoms with Crippen molar-refractivity contribution < 1.29 is 0 Å². The lowest BCUT2D eigenvalue weighted by molar-refractivity contribution is 0.227. The molecule has 0 bridgehead atoms. The highest BCUT2D eigenvalue weighted by atomic mass is 14.6. The van der Waals surface area contributed by atoms with Gasteiger partial charge in [-0.1, -0.05) is 133 Å². The maximum Gasteiger partial charge on any atom is -0.000567 e. The van der Waals surface area contributed by atoms with Gasteiger partial charge in [0, 0.05) is 0 Å². The molecule has 36 heavy (non-hydrogen) atoms. The van der Waals surface area contributed by atoms with Crippen LogP contribution in [0.3, 0.4) is 0 Å². The third-order valence-electron chi connectivity index (χ3n) is 8.79. The minimum atomic E-state index is 0.440. The topological polar surface area (TPSA) is 0 Å². The quantitative estimate of drug-likeness (QED) is 0.242. The zero-order valence-electron chi connectivity index (χ0n) is 20.0. The SMILES string of the molecule is c1ccc2c(c1)-c1ccccc1C1C(c3ccc4ccccc4c3)C(c3ccc4ccccc4c3)C21. The number of benzene rings is 6. The Bertz CT molecular complexity index is 1640. The predicted molar refractivity (Wildman–Crippen MR) is 151 cm³/mol. The lowest BCUT2D eigenvalue weighted by Crippen LogP contribution is -2.42. The average Bonchev–Trinajstić information content (AvgIpc) is 2.93. The van der Waals surface area contributed by atoms with Crippen molar-refractivity contribution in [1.82, 2.24) is 0 Å². The molecule has 6 aromatic rings. The first-order valence-electron chi connectivity index (χ1n) is 13.0. The van der Waals surface area contributed by atoms with Gasteiger partial charge in [-0.25, -0.2) is 0 Å². The number of hydrogen-bond acceptors (Lipinski definition) is 0. The fourth-order valence-electron chi connectivity index (χ4n) is 7.25. The monoisotopic (exact) mass is 458 g/mol. The van der Waals surface area contributed by atoms with Crippen LogP contribution < -0.4 is 0 Å². The average molecular weight is 459 g/mol. The van der Waals surface area contributed by atoms with Crippen LogP contribution in [0.5, 0.6) is 0 Å². The zero-order chi connectivity index (χ0) is 23.6. The van der Waals surface area contributed by atoms with Crippen molar-refractivity contribution >= 4 is 21.5 Å². The minimum absolute atomic E-state index is 0.440. The Morgan fingerprint density at radius 1 is 0.306 bits per heavy atom. The van der Waals surface area contributed by atoms with Crippen LogP contribution in [0.25, 0.3) is 32.7 Å². The smallest absolute Gasteiger partial charge is 0.000567 e. The molecule has 4 atom stereocenters. The van der Waals surface area contributed by atoms with Gasteiger partial charge < -0.3 is 0 Å². The van der Waals surface area contributed by atoms with Crippen molar-refractivity contribution in [3.63, 3.8) is 0 Å². The summed E-state index contributed by atoms with van der Waals surface area (Å²) in [6, 6.07) is 50.1. The number of rotatable bonds is 2. The summed E-state index contributed by atoms with van der Waals surface area (Å²) in [5.74, 6) is 1.84. The van der Waals surface area contributed by atoms with Crippen LogP contribution in [0.4, 0.5) is 0 Å². The first-order valence-corrected chi connectivity index (χ1v) is 13.0. The van der Waals surface area contributed by atoms with Gasteiger partial charge in [-0.15, -0.1) is 0 Å². The Balaban J connectivity index is 1.37. The molecular weight excluding hydrogens is 432 g/mol. The van der Waals surface area contributed by atoms with E-state index in [0.29, 0.717) is 23.7 Å². The highest BCUT2D eigenvalue weighted by Gasteiger charge is 2.55. The zero-order valence-corrected chi connectivity index (χ0v) is 20.0. The maximum absolute atomic E-state index is 2.45. The fourth-order valence-corrected chi connectivity index (χ4v) is 7.25. The molecule has 0 heterocycles. The Morgan fingerprint density at radius 2 is 0.694 bits per heavy atom. The molecule has 0 radical (unpaired) electrons. The van der Waals surface area contributed by atoms with Crippen LogP contribution >= 0.6 is 0 Å². The van der Waals surface area contributed by atoms with Gasteiger partial charge in [0.15, 0.2) is 0 Å². The van der Waals surface area contributed by atoms with Gasteiger partial charge in [-0.3, -0.25) is 0 Å². The van der Waals surface area contributed by atoms with Gasteiger partial charge >= 0.3 is 0 Å². The van der Waals surface area contributed by atoms with Crippen molar-refractivity contribution in [2.45, 2.75) is 23.7 Å². The van der Waals surface area contributed by atoms with Crippen LogP contribution in [-0.4, -0.2) is 0 Å². The largest absolute Gasteiger partial charge is 0.0619 e. The molecule has 2 aliphatic carbocycles. The Hall–Kier alpha value is -4.16. The second kappa shape index (κ2) is 7.67. The molecule has 170 valence electrons. The summed E-state index contributed by atoms with van der Waals surface area (Å²) in [7, 11) is 0. The summed E-state index contributed by atoms with van der Waals surface area (Å²) < 4.78 is 0. The van der Waals surface area contributed by atoms with Crippen molar-refractivity contribution in [3.05, 3.63) is 156 Å². The van der Waals surface area contributed by atoms with E-state index in [1.54, 1.807) is 0 Å². The fraction of sp³-hybridized carbons (Fsp3) is 0.111. The van der Waals surface area contributed by atoms with E-state index in [9.17, 15) is 0 Å². The van der Waals surface area contributed by atoms with Gasteiger partial charge in [-0.05, 0) is 78.6 Å². The number of hydrogen-bond donors (Lipinski definition) is 0. The molecule has 0 saturated heterocycles. The molecular formula is C36H26. The highest BCUT2D eigenvalue weighted by molar-refractivity contribution is 5.85. The third-order valence-corrected chi connectivity index (χ3v) is 8.79. The molecule has 0 amide bonds. The highest BCUT2D eigenvalue weighted by Crippen LogP contribution is 2.70. The molecule has 0 spiro atoms. The molecule has 0 aromatic heterocycles. The van der Waals surface area contributed by atoms with E-state index in [1.807, 2.05) is 0 Å². The van der Waals surface area contributed by atoms with Gasteiger partial charge in [-0.2, -0.15) is 0 Å². The second-order valence-electron chi connectivity index (χ2n) is 10.5. The summed E-state index contributed by atoms with van der Waals surface area (Å²) in [5, 5.41) is 5.29. The van der Waals surface area contributed by atoms with E-state index < -0.39 is 0 Å². The Morgan fingerprint density at radius 3 is 1.17 bits per heavy atom. The Kier molecular flexibility index (Phi) is 4.28. The van der Waals surface area contributed by atoms with E-state index in [-0.39, 0.29) is 0 Å². The minimum Gasteiger partial charge on any atom is -0.0619 e. The molecule has 0 aliphatic heterocycles. The second-order valence-corrected chi connectivity index (χ2v) is 10.5. The van der Waals surface area contributed by atoms with E-state index in [4.69, 9.17) is 0 Å². The Labute approximate surface area is 211 Å². The summed E-state index contributed by atoms with van der Waals surface area (Å²) >= 11 is 0. The first kappa shape index (κ1) is 20.1. The summed E-state index contributed by atoms with van der Waals surface area (Å²) in [5.41, 5.74) is 8.77. The molecule has 0 nitrogen and oxygen atoms in total. The molecule has 2 aliphatic rings. The molecule has 0 N–H and O–H groups in total. The lowest BCUT2D eigenvalue weighted by atomic mass is 9.46. The summed E-state index contributed by atoms with van der Waals surface area (Å²) in [6.07, 6.45) is 0. The standard InChI is InChI=1S/C36H26/c1-3-11-25-21-27(19-17-23(25)9-1)33-34(28-20-18-24-10-2-4-12-26(24)22-28)36-32-16-8-6-14-30(32)29-13-5-7-15-31(29)35(33)36/h1-22,33-36H. The maximum atomic E-state index is 2.45. The van der Waals surface area contributed by atoms with Crippen LogP contribution in [0.1, 0.15) is 45.9 Å². The molecule has 4 unspecified atom stereocenters. The van der Waals surface area contributed by atoms with Gasteiger partial charge in [0.2, 0.25) is 0 Å². The lowest BCUT2D eigenvalue weighted by Gasteiger charge is -2.56. The van der Waals surface area contributed by atoms with Crippen LogP contribution in [0.15, 0.2) is 133 Å². The van der Waals surface area contributed by atoms with Crippen molar-refractivity contribution in [2.75, 3.05) is 0 Å². The van der Waals surface area contributed by atoms with Crippen LogP contribution in [0.2, 0.25) is 0 Å². The van der Waals surface area contributed by atoms with Crippen molar-refractivity contribution in [1.29, 1.82) is 0 Å². The molecule has 8 rings (SSSR count). The van der Waals surface area contributed by atoms with Crippen molar-refractivity contribution in [2.24, 2.45) is 0 Å². The summed E-state index contributed by atoms with van der Waals surface area (Å²) in [4.78, 5) is 0. The van der Waals surface area contributed by atoms with E-state index in [0.717, 1.165) is 0 Å². The van der Waals surface area contributed by atoms with E-state index in [2.05, 4.69) is 133 Å². The molecule has 1 fully saturated rings. The number of fused-ring (bicyclic) bond motifs is 8. The third kappa shape index (κ3) is 2.82. The summed E-state index contributed by atoms with van der Waals surface area (Å²) in [6.45, 7) is 0. The van der Waals surface area contributed by atoms with Gasteiger partial charge in [0.25, 0.3) is 0 Å². The van der Waals surface area contributed by atoms with Gasteiger partial charge in [0.05, 0.1) is 0 Å². The van der Waals surface area contributed by atoms with E-state index in [1.165, 1.54) is 54.9 Å². The van der Waals surface area contributed by atoms with Crippen LogP contribution in [-0.2, 0) is 0 Å². The van der Waals surface area contributed by atoms with Gasteiger partial charge in [0.1, 0.15) is 0 Å². The molecule has 0 heteroatoms. The first-order chi connectivity index (χ1) is 17.9. The van der Waals surface area contributed by atoms with Crippen molar-refractivity contribution in [3.8, 4) is 11.1 Å². The molecule has 1 saturated carbocycles. The normalized spacial score (nSPS) is 21.9.